The number of nitrogens with two attached hydrogens (primary N) is 1. The van der Waals surface area contributed by atoms with E-state index in [1.807, 2.05) is 18.2 Å². The van der Waals surface area contributed by atoms with Crippen LogP contribution in [-0.4, -0.2) is 92.6 Å². The molecule has 3 aliphatic carbocycles. The third-order valence-electron chi connectivity index (χ3n) is 9.79. The monoisotopic (exact) mass is 602 g/mol. The molecular weight excluding hydrogens is 564 g/mol. The van der Waals surface area contributed by atoms with Gasteiger partial charge in [-0.15, -0.1) is 0 Å². The molecule has 1 aliphatic heterocycles. The minimum Gasteiger partial charge on any atom is -0.508 e. The molecule has 0 aromatic heterocycles. The summed E-state index contributed by atoms with van der Waals surface area (Å²) in [5.41, 5.74) is 4.16. The van der Waals surface area contributed by atoms with Crippen LogP contribution in [0.5, 0.6) is 5.75 Å². The molecule has 1 heterocycles. The number of phenols is 1. The smallest absolute Gasteiger partial charge is 0.255 e. The van der Waals surface area contributed by atoms with E-state index in [0.717, 1.165) is 32.5 Å². The Morgan fingerprint density at radius 1 is 1.07 bits per heavy atom. The maximum absolute atomic E-state index is 14.0. The number of hydrogen-bond acceptors (Lipinski definition) is 10. The van der Waals surface area contributed by atoms with Crippen LogP contribution >= 0.6 is 0 Å². The summed E-state index contributed by atoms with van der Waals surface area (Å²) >= 11 is 0. The first-order chi connectivity index (χ1) is 20.9. The van der Waals surface area contributed by atoms with Gasteiger partial charge in [-0.25, -0.2) is 0 Å². The van der Waals surface area contributed by atoms with Crippen LogP contribution in [0.15, 0.2) is 59.4 Å². The van der Waals surface area contributed by atoms with Crippen molar-refractivity contribution < 1.29 is 34.8 Å². The molecule has 2 fully saturated rings. The van der Waals surface area contributed by atoms with Gasteiger partial charge in [-0.3, -0.25) is 24.2 Å². The van der Waals surface area contributed by atoms with E-state index < -0.39 is 58.0 Å². The van der Waals surface area contributed by atoms with Gasteiger partial charge in [0.05, 0.1) is 17.3 Å². The number of hydrogen-bond donors (Lipinski definition) is 6. The molecule has 6 rings (SSSR count). The largest absolute Gasteiger partial charge is 0.508 e. The molecule has 2 aromatic carbocycles. The molecule has 1 saturated heterocycles. The van der Waals surface area contributed by atoms with Crippen LogP contribution in [0.2, 0.25) is 0 Å². The molecule has 44 heavy (non-hydrogen) atoms. The minimum atomic E-state index is -2.65. The molecule has 0 bridgehead atoms. The lowest BCUT2D eigenvalue weighted by atomic mass is 9.57. The third kappa shape index (κ3) is 4.66. The van der Waals surface area contributed by atoms with Gasteiger partial charge in [0.25, 0.3) is 5.91 Å². The van der Waals surface area contributed by atoms with Crippen LogP contribution in [-0.2, 0) is 27.3 Å². The van der Waals surface area contributed by atoms with Crippen molar-refractivity contribution in [2.24, 2.45) is 17.6 Å². The standard InChI is InChI=1S/C33H38N4O7/c1-36(2)26-21-15-19-14-18-8-9-22(35-20-10-12-37(13-11-20)16-17-6-4-3-5-7-17)27(38)23(18)28(39)24(19)30(41)33(21,44)31(42)25(29(26)40)32(34)43/h3-9,19-21,26,35,38-39,42,44H,10-16H2,1-2H3,(H2,34,43)/t19-,21-,26-,33-/m1/s1. The lowest BCUT2D eigenvalue weighted by Crippen LogP contribution is -2.65. The van der Waals surface area contributed by atoms with Gasteiger partial charge in [-0.1, -0.05) is 36.4 Å². The normalized spacial score (nSPS) is 27.7. The number of aliphatic hydroxyl groups is 3. The van der Waals surface area contributed by atoms with Gasteiger partial charge in [-0.2, -0.15) is 0 Å². The zero-order valence-electron chi connectivity index (χ0n) is 24.8. The van der Waals surface area contributed by atoms with E-state index in [4.69, 9.17) is 5.73 Å². The molecule has 11 heteroatoms. The van der Waals surface area contributed by atoms with Crippen LogP contribution in [0.3, 0.4) is 0 Å². The number of likely N-dealkylation sites (N-methyl/N-ethyl adjacent to an activating group) is 1. The number of aromatic hydroxyl groups is 1. The molecular formula is C33H38N4O7. The fourth-order valence-electron chi connectivity index (χ4n) is 7.63. The SMILES string of the molecule is CN(C)[C@H]1C(=O)C(C(N)=O)=C(O)[C@]2(O)C(=O)C3=C(O)c4c(ccc(NC5CCN(Cc6ccccc6)CC5)c4O)C[C@@H]3C[C@H]12. The summed E-state index contributed by atoms with van der Waals surface area (Å²) in [4.78, 5) is 43.3. The molecule has 0 radical (unpaired) electrons. The molecule has 1 saturated carbocycles. The summed E-state index contributed by atoms with van der Waals surface area (Å²) in [7, 11) is 3.15. The number of likely N-dealkylation sites (tertiary alicyclic amines) is 1. The Morgan fingerprint density at radius 2 is 1.75 bits per heavy atom. The third-order valence-corrected chi connectivity index (χ3v) is 9.79. The van der Waals surface area contributed by atoms with Crippen molar-refractivity contribution in [2.45, 2.75) is 49.9 Å². The first-order valence-corrected chi connectivity index (χ1v) is 15.0. The number of primary amides is 1. The maximum Gasteiger partial charge on any atom is 0.255 e. The fraction of sp³-hybridized carbons (Fsp3) is 0.424. The predicted octanol–water partition coefficient (Wildman–Crippen LogP) is 2.04. The Hall–Kier alpha value is -4.19. The van der Waals surface area contributed by atoms with Crippen LogP contribution in [0.25, 0.3) is 5.76 Å². The summed E-state index contributed by atoms with van der Waals surface area (Å²) in [5.74, 6) is -6.51. The molecule has 4 atom stereocenters. The lowest BCUT2D eigenvalue weighted by molar-refractivity contribution is -0.153. The summed E-state index contributed by atoms with van der Waals surface area (Å²) in [6.45, 7) is 2.63. The number of anilines is 1. The minimum absolute atomic E-state index is 0.0636. The molecule has 0 unspecified atom stereocenters. The maximum atomic E-state index is 14.0. The van der Waals surface area contributed by atoms with E-state index in [1.54, 1.807) is 26.2 Å². The van der Waals surface area contributed by atoms with Crippen molar-refractivity contribution in [2.75, 3.05) is 32.5 Å². The Labute approximate surface area is 255 Å². The van der Waals surface area contributed by atoms with E-state index in [-0.39, 0.29) is 35.8 Å². The van der Waals surface area contributed by atoms with Gasteiger partial charge >= 0.3 is 0 Å². The zero-order chi connectivity index (χ0) is 31.5. The summed E-state index contributed by atoms with van der Waals surface area (Å²) in [5, 5.41) is 49.0. The molecule has 7 N–H and O–H groups in total. The number of rotatable bonds is 6. The van der Waals surface area contributed by atoms with E-state index in [2.05, 4.69) is 22.3 Å². The van der Waals surface area contributed by atoms with Crippen molar-refractivity contribution in [1.29, 1.82) is 0 Å². The number of piperidine rings is 1. The Morgan fingerprint density at radius 3 is 2.39 bits per heavy atom. The molecule has 0 spiro atoms. The van der Waals surface area contributed by atoms with Crippen molar-refractivity contribution in [1.82, 2.24) is 9.80 Å². The number of carbonyl (C=O) groups excluding carboxylic acids is 3. The number of nitrogens with zero attached hydrogens (tertiary/aromatic N) is 2. The summed E-state index contributed by atoms with van der Waals surface area (Å²) in [6, 6.07) is 12.8. The van der Waals surface area contributed by atoms with Crippen LogP contribution in [0, 0.1) is 11.8 Å². The molecule has 1 amide bonds. The lowest BCUT2D eigenvalue weighted by Gasteiger charge is -2.50. The number of Topliss-reactive ketones (excluding diaryl/α,β-unsaturated/α-hetero) is 2. The second kappa shape index (κ2) is 11.1. The highest BCUT2D eigenvalue weighted by Gasteiger charge is 2.64. The number of carbonyl (C=O) groups is 3. The Bertz CT molecular complexity index is 1590. The second-order valence-corrected chi connectivity index (χ2v) is 12.6. The molecule has 232 valence electrons. The Kier molecular flexibility index (Phi) is 7.51. The predicted molar refractivity (Wildman–Crippen MR) is 163 cm³/mol. The number of fused-ring (bicyclic) bond motifs is 3. The van der Waals surface area contributed by atoms with Gasteiger partial charge < -0.3 is 31.5 Å². The molecule has 2 aromatic rings. The van der Waals surface area contributed by atoms with E-state index in [1.165, 1.54) is 10.5 Å². The van der Waals surface area contributed by atoms with Gasteiger partial charge in [0.1, 0.15) is 22.8 Å². The molecule has 11 nitrogen and oxygen atoms in total. The van der Waals surface area contributed by atoms with E-state index >= 15 is 0 Å². The molecule has 4 aliphatic rings. The van der Waals surface area contributed by atoms with Gasteiger partial charge in [0.15, 0.2) is 11.4 Å². The van der Waals surface area contributed by atoms with E-state index in [0.29, 0.717) is 11.3 Å². The summed E-state index contributed by atoms with van der Waals surface area (Å²) < 4.78 is 0. The van der Waals surface area contributed by atoms with Crippen molar-refractivity contribution in [3.05, 3.63) is 76.1 Å². The number of aliphatic hydroxyl groups excluding tert-OH is 2. The quantitative estimate of drug-likeness (QED) is 0.212. The average molecular weight is 603 g/mol. The Balaban J connectivity index is 1.28. The number of phenolic OH excluding ortho intramolecular Hbond substituents is 1. The highest BCUT2D eigenvalue weighted by molar-refractivity contribution is 6.24. The zero-order valence-corrected chi connectivity index (χ0v) is 24.8. The first-order valence-electron chi connectivity index (χ1n) is 15.0. The number of benzene rings is 2. The van der Waals surface area contributed by atoms with Gasteiger partial charge in [0.2, 0.25) is 5.78 Å². The van der Waals surface area contributed by atoms with E-state index in [9.17, 15) is 34.8 Å². The number of ketones is 2. The number of amides is 1. The average Bonchev–Trinajstić information content (AvgIpc) is 2.97. The van der Waals surface area contributed by atoms with Crippen molar-refractivity contribution in [3.63, 3.8) is 0 Å². The van der Waals surface area contributed by atoms with Gasteiger partial charge in [-0.05, 0) is 62.9 Å². The fourth-order valence-corrected chi connectivity index (χ4v) is 7.63. The topological polar surface area (TPSA) is 177 Å². The van der Waals surface area contributed by atoms with Crippen LogP contribution in [0.1, 0.15) is 36.0 Å². The highest BCUT2D eigenvalue weighted by Crippen LogP contribution is 2.53. The van der Waals surface area contributed by atoms with Crippen molar-refractivity contribution in [3.8, 4) is 5.75 Å². The van der Waals surface area contributed by atoms with Crippen LogP contribution < -0.4 is 11.1 Å². The first kappa shape index (κ1) is 29.9. The van der Waals surface area contributed by atoms with Crippen LogP contribution in [0.4, 0.5) is 5.69 Å². The summed E-state index contributed by atoms with van der Waals surface area (Å²) in [6.07, 6.45) is 2.03. The van der Waals surface area contributed by atoms with Gasteiger partial charge in [0, 0.05) is 37.2 Å². The van der Waals surface area contributed by atoms with Crippen molar-refractivity contribution >= 4 is 28.9 Å². The number of nitrogens with one attached hydrogen (secondary N) is 1. The highest BCUT2D eigenvalue weighted by atomic mass is 16.3. The second-order valence-electron chi connectivity index (χ2n) is 12.6.